The minimum Gasteiger partial charge on any atom is -0.449 e. The summed E-state index contributed by atoms with van der Waals surface area (Å²) in [6.07, 6.45) is -0.594. The highest BCUT2D eigenvalue weighted by atomic mass is 16.5. The van der Waals surface area contributed by atoms with Gasteiger partial charge in [-0.25, -0.2) is 10.2 Å². The van der Waals surface area contributed by atoms with Gasteiger partial charge in [-0.05, 0) is 19.1 Å². The molecule has 0 atom stereocenters. The molecule has 0 heterocycles. The monoisotopic (exact) mass is 207 g/mol. The number of carbonyl (C=O) groups excluding carboxylic acids is 1. The fourth-order valence-corrected chi connectivity index (χ4v) is 0.923. The van der Waals surface area contributed by atoms with Crippen LogP contribution in [0.1, 0.15) is 6.92 Å². The fourth-order valence-electron chi connectivity index (χ4n) is 0.923. The molecule has 0 aliphatic carbocycles. The SMILES string of the molecule is CCOC(=O)NN=c1cccccc1N. The molecule has 0 aromatic heterocycles. The second-order valence-corrected chi connectivity index (χ2v) is 2.70. The van der Waals surface area contributed by atoms with Gasteiger partial charge in [0.25, 0.3) is 0 Å². The number of carbonyl (C=O) groups is 1. The van der Waals surface area contributed by atoms with Crippen molar-refractivity contribution in [2.24, 2.45) is 5.10 Å². The van der Waals surface area contributed by atoms with Crippen molar-refractivity contribution in [3.05, 3.63) is 35.7 Å². The Labute approximate surface area is 87.6 Å². The summed E-state index contributed by atoms with van der Waals surface area (Å²) in [6, 6.07) is 8.79. The van der Waals surface area contributed by atoms with Crippen LogP contribution in [0, 0.1) is 0 Å². The number of nitrogens with one attached hydrogen (secondary N) is 1. The van der Waals surface area contributed by atoms with Gasteiger partial charge in [-0.15, -0.1) is 0 Å². The Morgan fingerprint density at radius 1 is 1.47 bits per heavy atom. The molecular formula is C10H13N3O2. The van der Waals surface area contributed by atoms with Crippen LogP contribution in [0.4, 0.5) is 10.5 Å². The average Bonchev–Trinajstić information content (AvgIpc) is 2.41. The van der Waals surface area contributed by atoms with Gasteiger partial charge in [0.05, 0.1) is 12.3 Å². The third-order valence-electron chi connectivity index (χ3n) is 1.59. The molecule has 5 nitrogen and oxygen atoms in total. The maximum atomic E-state index is 10.9. The quantitative estimate of drug-likeness (QED) is 0.705. The number of nitrogens with two attached hydrogens (primary N) is 1. The Hall–Kier alpha value is -2.04. The van der Waals surface area contributed by atoms with Crippen molar-refractivity contribution in [1.82, 2.24) is 5.43 Å². The van der Waals surface area contributed by atoms with Crippen molar-refractivity contribution < 1.29 is 9.53 Å². The molecule has 0 saturated carbocycles. The predicted octanol–water partition coefficient (Wildman–Crippen LogP) is 0.831. The molecule has 1 aromatic rings. The van der Waals surface area contributed by atoms with E-state index in [4.69, 9.17) is 5.73 Å². The number of hydrogen-bond acceptors (Lipinski definition) is 4. The van der Waals surface area contributed by atoms with E-state index in [1.165, 1.54) is 0 Å². The van der Waals surface area contributed by atoms with E-state index < -0.39 is 6.09 Å². The minimum absolute atomic E-state index is 0.305. The van der Waals surface area contributed by atoms with Gasteiger partial charge < -0.3 is 10.5 Å². The topological polar surface area (TPSA) is 76.7 Å². The van der Waals surface area contributed by atoms with Crippen molar-refractivity contribution in [2.45, 2.75) is 6.92 Å². The third-order valence-corrected chi connectivity index (χ3v) is 1.59. The van der Waals surface area contributed by atoms with Gasteiger partial charge in [0.1, 0.15) is 5.36 Å². The van der Waals surface area contributed by atoms with Crippen molar-refractivity contribution in [3.8, 4) is 0 Å². The van der Waals surface area contributed by atoms with Crippen LogP contribution in [0.2, 0.25) is 0 Å². The first-order chi connectivity index (χ1) is 7.24. The molecule has 0 unspecified atom stereocenters. The maximum Gasteiger partial charge on any atom is 0.427 e. The Bertz CT molecular complexity index is 404. The largest absolute Gasteiger partial charge is 0.449 e. The highest BCUT2D eigenvalue weighted by molar-refractivity contribution is 5.66. The van der Waals surface area contributed by atoms with E-state index in [0.717, 1.165) is 0 Å². The summed E-state index contributed by atoms with van der Waals surface area (Å²) in [5.41, 5.74) is 8.40. The lowest BCUT2D eigenvalue weighted by Crippen LogP contribution is -2.22. The molecule has 0 fully saturated rings. The third kappa shape index (κ3) is 3.68. The lowest BCUT2D eigenvalue weighted by Gasteiger charge is -1.98. The van der Waals surface area contributed by atoms with E-state index >= 15 is 0 Å². The van der Waals surface area contributed by atoms with Gasteiger partial charge in [-0.2, -0.15) is 5.10 Å². The Morgan fingerprint density at radius 3 is 2.93 bits per heavy atom. The van der Waals surface area contributed by atoms with Gasteiger partial charge >= 0.3 is 6.09 Å². The lowest BCUT2D eigenvalue weighted by atomic mass is 10.4. The summed E-state index contributed by atoms with van der Waals surface area (Å²) in [5.74, 6) is 0. The summed E-state index contributed by atoms with van der Waals surface area (Å²) < 4.78 is 4.64. The summed E-state index contributed by atoms with van der Waals surface area (Å²) in [6.45, 7) is 2.02. The average molecular weight is 207 g/mol. The number of amides is 1. The molecule has 3 N–H and O–H groups in total. The van der Waals surface area contributed by atoms with Crippen molar-refractivity contribution in [3.63, 3.8) is 0 Å². The van der Waals surface area contributed by atoms with E-state index in [2.05, 4.69) is 15.3 Å². The highest BCUT2D eigenvalue weighted by Gasteiger charge is 1.95. The predicted molar refractivity (Wildman–Crippen MR) is 56.6 cm³/mol. The summed E-state index contributed by atoms with van der Waals surface area (Å²) in [5, 5.41) is 4.31. The van der Waals surface area contributed by atoms with Gasteiger partial charge in [0, 0.05) is 0 Å². The summed E-state index contributed by atoms with van der Waals surface area (Å²) in [4.78, 5) is 10.9. The Kier molecular flexibility index (Phi) is 4.15. The first-order valence-electron chi connectivity index (χ1n) is 4.55. The maximum absolute atomic E-state index is 10.9. The zero-order chi connectivity index (χ0) is 11.1. The van der Waals surface area contributed by atoms with Crippen LogP contribution >= 0.6 is 0 Å². The molecule has 15 heavy (non-hydrogen) atoms. The second kappa shape index (κ2) is 5.64. The first kappa shape index (κ1) is 11.0. The molecule has 0 aliphatic rings. The molecule has 0 spiro atoms. The van der Waals surface area contributed by atoms with Gasteiger partial charge in [0.15, 0.2) is 0 Å². The van der Waals surface area contributed by atoms with Crippen LogP contribution in [0.25, 0.3) is 0 Å². The zero-order valence-corrected chi connectivity index (χ0v) is 8.43. The van der Waals surface area contributed by atoms with E-state index in [-0.39, 0.29) is 0 Å². The van der Waals surface area contributed by atoms with Gasteiger partial charge in [0.2, 0.25) is 0 Å². The van der Waals surface area contributed by atoms with Crippen LogP contribution in [-0.4, -0.2) is 12.7 Å². The van der Waals surface area contributed by atoms with E-state index in [1.807, 2.05) is 6.07 Å². The number of nitrogens with zero attached hydrogens (tertiary/aromatic N) is 1. The molecule has 1 rings (SSSR count). The van der Waals surface area contributed by atoms with Gasteiger partial charge in [-0.1, -0.05) is 18.2 Å². The number of nitrogen functional groups attached to an aromatic ring is 1. The fraction of sp³-hybridized carbons (Fsp3) is 0.200. The van der Waals surface area contributed by atoms with Gasteiger partial charge in [-0.3, -0.25) is 0 Å². The molecular weight excluding hydrogens is 194 g/mol. The Balaban J connectivity index is 2.83. The van der Waals surface area contributed by atoms with E-state index in [1.54, 1.807) is 31.2 Å². The standard InChI is InChI=1S/C10H13N3O2/c1-2-15-10(14)13-12-9-7-5-3-4-6-8(9)11/h3-7H,2H2,1H3,(H2,11,12)(H,13,14). The van der Waals surface area contributed by atoms with Crippen molar-refractivity contribution in [1.29, 1.82) is 0 Å². The Morgan fingerprint density at radius 2 is 2.20 bits per heavy atom. The van der Waals surface area contributed by atoms with Crippen molar-refractivity contribution >= 4 is 11.8 Å². The second-order valence-electron chi connectivity index (χ2n) is 2.70. The number of anilines is 1. The summed E-state index contributed by atoms with van der Waals surface area (Å²) >= 11 is 0. The number of rotatable bonds is 2. The van der Waals surface area contributed by atoms with Crippen molar-refractivity contribution in [2.75, 3.05) is 12.3 Å². The molecule has 80 valence electrons. The van der Waals surface area contributed by atoms with Crippen LogP contribution in [0.15, 0.2) is 35.4 Å². The van der Waals surface area contributed by atoms with E-state index in [9.17, 15) is 4.79 Å². The molecule has 5 heteroatoms. The number of hydrogen-bond donors (Lipinski definition) is 2. The molecule has 0 aliphatic heterocycles. The molecule has 0 radical (unpaired) electrons. The minimum atomic E-state index is -0.594. The number of ether oxygens (including phenoxy) is 1. The van der Waals surface area contributed by atoms with Crippen LogP contribution in [0.3, 0.4) is 0 Å². The molecule has 1 amide bonds. The van der Waals surface area contributed by atoms with Crippen LogP contribution in [0.5, 0.6) is 0 Å². The molecule has 1 aromatic carbocycles. The zero-order valence-electron chi connectivity index (χ0n) is 8.43. The van der Waals surface area contributed by atoms with Crippen LogP contribution in [-0.2, 0) is 4.74 Å². The highest BCUT2D eigenvalue weighted by Crippen LogP contribution is 1.88. The first-order valence-corrected chi connectivity index (χ1v) is 4.55. The normalized spacial score (nSPS) is 10.9. The van der Waals surface area contributed by atoms with Crippen LogP contribution < -0.4 is 16.5 Å². The summed E-state index contributed by atoms with van der Waals surface area (Å²) in [7, 11) is 0. The van der Waals surface area contributed by atoms with E-state index in [0.29, 0.717) is 17.7 Å². The smallest absolute Gasteiger partial charge is 0.427 e. The molecule has 0 saturated heterocycles. The molecule has 0 bridgehead atoms. The lowest BCUT2D eigenvalue weighted by molar-refractivity contribution is 0.152.